The van der Waals surface area contributed by atoms with Crippen LogP contribution in [0, 0.1) is 0 Å². The first kappa shape index (κ1) is 108. The van der Waals surface area contributed by atoms with Gasteiger partial charge in [-0.15, -0.1) is 0 Å². The molecule has 0 unspecified atom stereocenters. The molecule has 0 amide bonds. The van der Waals surface area contributed by atoms with Crippen molar-refractivity contribution in [2.45, 2.75) is 58.7 Å². The molecule has 0 aliphatic heterocycles. The minimum atomic E-state index is -3.67. The van der Waals surface area contributed by atoms with Gasteiger partial charge in [-0.2, -0.15) is 0 Å². The Bertz CT molecular complexity index is 7820. The van der Waals surface area contributed by atoms with Crippen molar-refractivity contribution in [2.24, 2.45) is 0 Å². The molecule has 0 aliphatic carbocycles. The zero-order chi connectivity index (χ0) is 99.5. The van der Waals surface area contributed by atoms with Gasteiger partial charge in [0, 0.05) is 85.8 Å². The lowest BCUT2D eigenvalue weighted by Crippen LogP contribution is -2.06. The van der Waals surface area contributed by atoms with Crippen LogP contribution in [0.1, 0.15) is 51.8 Å². The molecule has 37 nitrogen and oxygen atoms in total. The molecule has 0 radical (unpaired) electrons. The molecule has 0 atom stereocenters. The Kier molecular flexibility index (Phi) is 34.4. The summed E-state index contributed by atoms with van der Waals surface area (Å²) in [6.45, 7) is 0. The second kappa shape index (κ2) is 41.3. The van der Waals surface area contributed by atoms with Crippen LogP contribution in [0.15, 0.2) is 277 Å². The standard InChI is InChI=1S/C13H12O6S2.C12H12O5S2.2C12H10O4S.C9H10O6S2.C8H10O5S2.C8H8O4S.C7H8O3S/c1-20(16,17)10-6-9-5-8(13(14)15)3-4-11(9)12(7-10)21(2,18)19;1-18(14,15)10-6-8-5-9(13)3-4-11(8)12(7-10)19(2,16)17;2*1-17(15,16)11-5-4-8-6-10(12(13)14)3-2-9(8)7-11;1-16(12,13)7-3-6(9(10)11)4-8(5-7)17(2,14)15;1-14(10,11)7-3-6(9)4-8(5-7)15(2,12)13;1-13(11,12)7-4-2-6(3-5-7)8(9)10;1-11(9,10)7-4-2-6(8)3-5-7/h3-7H,1-2H3,(H,14,15);3-7,13H,1-2H3;2*2-7H,1H3,(H,13,14);3-5H,1-2H3,(H,10,11);3-5,9H,1-2H3;2-5H,1H3,(H,9,10);2-5,8H,1H3. The summed E-state index contributed by atoms with van der Waals surface area (Å²) in [4.78, 5) is 52.9. The van der Waals surface area contributed by atoms with Gasteiger partial charge in [-0.1, -0.05) is 30.3 Å². The maximum absolute atomic E-state index is 11.8. The van der Waals surface area contributed by atoms with E-state index in [1.165, 1.54) is 146 Å². The highest BCUT2D eigenvalue weighted by Gasteiger charge is 2.24. The molecule has 0 bridgehead atoms. The smallest absolute Gasteiger partial charge is 0.335 e. The molecular formula is C81H80O37S12. The molecule has 0 saturated carbocycles. The van der Waals surface area contributed by atoms with Gasteiger partial charge in [-0.3, -0.25) is 0 Å². The summed E-state index contributed by atoms with van der Waals surface area (Å²) in [6.07, 6.45) is 12.0. The minimum absolute atomic E-state index is 0.0485. The Hall–Kier alpha value is -12.2. The fourth-order valence-electron chi connectivity index (χ4n) is 10.6. The van der Waals surface area contributed by atoms with E-state index in [-0.39, 0.29) is 109 Å². The van der Waals surface area contributed by atoms with Crippen LogP contribution in [0.2, 0.25) is 0 Å². The number of sulfone groups is 12. The lowest BCUT2D eigenvalue weighted by molar-refractivity contribution is 0.0685. The Balaban J connectivity index is 0.000000265. The molecule has 12 aromatic rings. The molecule has 0 aliphatic rings. The summed E-state index contributed by atoms with van der Waals surface area (Å²) >= 11 is 0. The highest BCUT2D eigenvalue weighted by molar-refractivity contribution is 7.94. The number of aromatic carboxylic acids is 5. The summed E-state index contributed by atoms with van der Waals surface area (Å²) in [7, 11) is -41.6. The van der Waals surface area contributed by atoms with Crippen molar-refractivity contribution < 1.29 is 166 Å². The van der Waals surface area contributed by atoms with Gasteiger partial charge in [0.15, 0.2) is 118 Å². The van der Waals surface area contributed by atoms with E-state index < -0.39 is 154 Å². The van der Waals surface area contributed by atoms with Crippen LogP contribution in [-0.2, 0) is 118 Å². The van der Waals surface area contributed by atoms with Gasteiger partial charge in [0.1, 0.15) is 17.2 Å². The minimum Gasteiger partial charge on any atom is -0.508 e. The number of carbonyl (C=O) groups is 5. The summed E-state index contributed by atoms with van der Waals surface area (Å²) in [5.41, 5.74) is 0.0163. The number of phenols is 3. The number of rotatable bonds is 17. The number of aromatic hydroxyl groups is 3. The average Bonchev–Trinajstić information content (AvgIpc) is 0.767. The third-order valence-corrected chi connectivity index (χ3v) is 30.4. The maximum Gasteiger partial charge on any atom is 0.335 e. The number of phenolic OH excluding ortho intramolecular Hbond substituents is 3. The van der Waals surface area contributed by atoms with Crippen molar-refractivity contribution in [1.29, 1.82) is 0 Å². The van der Waals surface area contributed by atoms with Crippen molar-refractivity contribution in [3.63, 3.8) is 0 Å². The number of benzene rings is 12. The highest BCUT2D eigenvalue weighted by Crippen LogP contribution is 2.33. The predicted octanol–water partition coefficient (Wildman–Crippen LogP) is 8.56. The summed E-state index contributed by atoms with van der Waals surface area (Å²) in [5, 5.41) is 75.5. The molecule has 0 saturated heterocycles. The van der Waals surface area contributed by atoms with E-state index in [9.17, 15) is 135 Å². The number of fused-ring (bicyclic) bond motifs is 4. The number of carboxylic acids is 5. The SMILES string of the molecule is CS(=O)(=O)c1cc(C(=O)O)cc(S(C)(=O)=O)c1.CS(=O)(=O)c1cc(O)cc(S(C)(=O)=O)c1.CS(=O)(=O)c1cc(S(C)(=O)=O)c2ccc(C(=O)O)cc2c1.CS(=O)(=O)c1cc(S(C)(=O)=O)c2ccc(O)cc2c1.CS(=O)(=O)c1ccc(C(=O)O)cc1.CS(=O)(=O)c1ccc(O)cc1.CS(=O)(=O)c1ccc2cc(C(=O)O)ccc2c1.CS(=O)(=O)c1ccc2cc(C(=O)O)ccc2c1. The molecule has 0 fully saturated rings. The van der Waals surface area contributed by atoms with Crippen molar-refractivity contribution >= 4 is 191 Å². The summed E-state index contributed by atoms with van der Waals surface area (Å²) in [5.74, 6) is -6.02. The van der Waals surface area contributed by atoms with Crippen LogP contribution in [-0.4, -0.2) is 247 Å². The Labute approximate surface area is 747 Å². The lowest BCUT2D eigenvalue weighted by atomic mass is 10.1. The van der Waals surface area contributed by atoms with E-state index in [2.05, 4.69) is 0 Å². The van der Waals surface area contributed by atoms with E-state index in [4.69, 9.17) is 30.6 Å². The zero-order valence-corrected chi connectivity index (χ0v) is 79.4. The number of hydrogen-bond acceptors (Lipinski definition) is 32. The lowest BCUT2D eigenvalue weighted by Gasteiger charge is -2.09. The number of carboxylic acid groups (broad SMARTS) is 5. The molecule has 12 rings (SSSR count). The van der Waals surface area contributed by atoms with Gasteiger partial charge in [0.25, 0.3) is 0 Å². The van der Waals surface area contributed by atoms with Crippen molar-refractivity contribution in [2.75, 3.05) is 75.1 Å². The molecule has 8 N–H and O–H groups in total. The quantitative estimate of drug-likeness (QED) is 0.0423. The first-order valence-corrected chi connectivity index (χ1v) is 57.9. The molecule has 49 heteroatoms. The van der Waals surface area contributed by atoms with Gasteiger partial charge in [-0.25, -0.2) is 125 Å². The monoisotopic (exact) mass is 2030 g/mol. The van der Waals surface area contributed by atoms with Gasteiger partial charge >= 0.3 is 29.8 Å². The highest BCUT2D eigenvalue weighted by atomic mass is 32.2. The third kappa shape index (κ3) is 32.2. The van der Waals surface area contributed by atoms with Crippen LogP contribution >= 0.6 is 0 Å². The van der Waals surface area contributed by atoms with Crippen molar-refractivity contribution in [3.8, 4) is 17.2 Å². The van der Waals surface area contributed by atoms with Gasteiger partial charge in [0.2, 0.25) is 0 Å². The van der Waals surface area contributed by atoms with E-state index in [0.29, 0.717) is 32.3 Å². The van der Waals surface area contributed by atoms with Gasteiger partial charge in [-0.05, 0) is 220 Å². The van der Waals surface area contributed by atoms with Crippen LogP contribution in [0.25, 0.3) is 43.1 Å². The van der Waals surface area contributed by atoms with E-state index >= 15 is 0 Å². The summed E-state index contributed by atoms with van der Waals surface area (Å²) < 4.78 is 273. The van der Waals surface area contributed by atoms with Crippen LogP contribution in [0.4, 0.5) is 0 Å². The molecule has 0 heterocycles. The molecule has 130 heavy (non-hydrogen) atoms. The summed E-state index contributed by atoms with van der Waals surface area (Å²) in [6, 6.07) is 47.6. The van der Waals surface area contributed by atoms with Crippen molar-refractivity contribution in [3.05, 3.63) is 246 Å². The molecule has 698 valence electrons. The number of hydrogen-bond donors (Lipinski definition) is 8. The molecule has 0 aromatic heterocycles. The maximum atomic E-state index is 11.8. The van der Waals surface area contributed by atoms with E-state index in [1.54, 1.807) is 24.3 Å². The van der Waals surface area contributed by atoms with Crippen molar-refractivity contribution in [1.82, 2.24) is 0 Å². The molecular weight excluding hydrogens is 1950 g/mol. The Morgan fingerprint density at radius 2 is 0.385 bits per heavy atom. The van der Waals surface area contributed by atoms with Crippen LogP contribution in [0.5, 0.6) is 17.2 Å². The zero-order valence-electron chi connectivity index (χ0n) is 69.6. The van der Waals surface area contributed by atoms with Crippen LogP contribution < -0.4 is 0 Å². The Morgan fingerprint density at radius 1 is 0.169 bits per heavy atom. The molecule has 0 spiro atoms. The second-order valence-electron chi connectivity index (χ2n) is 28.3. The van der Waals surface area contributed by atoms with Gasteiger partial charge in [0.05, 0.1) is 86.6 Å². The second-order valence-corrected chi connectivity index (χ2v) is 52.4. The third-order valence-electron chi connectivity index (χ3n) is 17.1. The fourth-order valence-corrected chi connectivity index (χ4v) is 19.4. The largest absolute Gasteiger partial charge is 0.508 e. The predicted molar refractivity (Wildman–Crippen MR) is 479 cm³/mol. The topological polar surface area (TPSA) is 657 Å². The average molecular weight is 2030 g/mol. The fraction of sp³-hybridized carbons (Fsp3) is 0.148. The van der Waals surface area contributed by atoms with E-state index in [0.717, 1.165) is 124 Å². The van der Waals surface area contributed by atoms with Gasteiger partial charge < -0.3 is 40.9 Å². The first-order valence-electron chi connectivity index (χ1n) is 35.3. The van der Waals surface area contributed by atoms with E-state index in [1.807, 2.05) is 0 Å². The normalized spacial score (nSPS) is 12.1. The Morgan fingerprint density at radius 3 is 0.677 bits per heavy atom. The first-order chi connectivity index (χ1) is 58.9. The molecule has 12 aromatic carbocycles. The van der Waals surface area contributed by atoms with Crippen LogP contribution in [0.3, 0.4) is 0 Å².